The molecular weight excluding hydrogens is 292 g/mol. The predicted molar refractivity (Wildman–Crippen MR) is 63.6 cm³/mol. The molecule has 6 nitrogen and oxygen atoms in total. The minimum absolute atomic E-state index is 0.223. The van der Waals surface area contributed by atoms with Crippen molar-refractivity contribution in [1.29, 1.82) is 0 Å². The summed E-state index contributed by atoms with van der Waals surface area (Å²) in [4.78, 5) is 15.7. The lowest BCUT2D eigenvalue weighted by molar-refractivity contribution is -0.145. The topological polar surface area (TPSA) is 73.9 Å². The van der Waals surface area contributed by atoms with Crippen LogP contribution in [0.2, 0.25) is 0 Å². The van der Waals surface area contributed by atoms with Crippen LogP contribution in [0, 0.1) is 0 Å². The van der Waals surface area contributed by atoms with Crippen molar-refractivity contribution in [2.75, 3.05) is 13.7 Å². The highest BCUT2D eigenvalue weighted by atomic mass is 79.9. The van der Waals surface area contributed by atoms with Crippen molar-refractivity contribution < 1.29 is 18.9 Å². The summed E-state index contributed by atoms with van der Waals surface area (Å²) in [5.41, 5.74) is 0.606. The van der Waals surface area contributed by atoms with Gasteiger partial charge < -0.3 is 14.1 Å². The number of ether oxygens (including phenoxy) is 1. The third-order valence-corrected chi connectivity index (χ3v) is 2.21. The number of halogens is 1. The maximum absolute atomic E-state index is 10.8. The molecule has 1 rings (SSSR count). The molecule has 0 aliphatic carbocycles. The summed E-state index contributed by atoms with van der Waals surface area (Å²) in [5, 5.41) is 7.54. The number of oxime groups is 1. The Kier molecular flexibility index (Phi) is 5.68. The van der Waals surface area contributed by atoms with Gasteiger partial charge in [0.25, 0.3) is 0 Å². The van der Waals surface area contributed by atoms with Gasteiger partial charge in [-0.1, -0.05) is 23.7 Å². The molecule has 0 saturated carbocycles. The smallest absolute Gasteiger partial charge is 0.346 e. The van der Waals surface area contributed by atoms with Gasteiger partial charge in [0.15, 0.2) is 5.76 Å². The van der Waals surface area contributed by atoms with Gasteiger partial charge in [-0.2, -0.15) is 0 Å². The van der Waals surface area contributed by atoms with E-state index in [9.17, 15) is 4.79 Å². The van der Waals surface area contributed by atoms with Crippen molar-refractivity contribution in [3.05, 3.63) is 16.4 Å². The monoisotopic (exact) mass is 304 g/mol. The lowest BCUT2D eigenvalue weighted by atomic mass is 10.2. The third-order valence-electron chi connectivity index (χ3n) is 1.84. The van der Waals surface area contributed by atoms with E-state index in [0.29, 0.717) is 22.5 Å². The molecule has 0 aliphatic rings. The van der Waals surface area contributed by atoms with Gasteiger partial charge >= 0.3 is 5.97 Å². The zero-order chi connectivity index (χ0) is 12.7. The molecule has 0 spiro atoms. The van der Waals surface area contributed by atoms with E-state index in [1.54, 1.807) is 6.07 Å². The van der Waals surface area contributed by atoms with E-state index in [4.69, 9.17) is 9.36 Å². The highest BCUT2D eigenvalue weighted by molar-refractivity contribution is 9.10. The summed E-state index contributed by atoms with van der Waals surface area (Å²) in [6.07, 6.45) is 1.54. The Morgan fingerprint density at radius 2 is 2.41 bits per heavy atom. The van der Waals surface area contributed by atoms with E-state index in [-0.39, 0.29) is 6.61 Å². The molecule has 1 heterocycles. The first-order chi connectivity index (χ1) is 8.17. The Morgan fingerprint density at radius 3 is 2.94 bits per heavy atom. The Morgan fingerprint density at radius 1 is 1.65 bits per heavy atom. The van der Waals surface area contributed by atoms with Crippen molar-refractivity contribution in [2.24, 2.45) is 5.16 Å². The number of carbonyl (C=O) groups excluding carboxylic acids is 1. The summed E-state index contributed by atoms with van der Waals surface area (Å²) >= 11 is 3.18. The lowest BCUT2D eigenvalue weighted by Gasteiger charge is -2.01. The molecule has 94 valence electrons. The molecule has 1 aromatic heterocycles. The van der Waals surface area contributed by atoms with Crippen LogP contribution in [-0.4, -0.2) is 30.6 Å². The Labute approximate surface area is 107 Å². The summed E-state index contributed by atoms with van der Waals surface area (Å²) in [5.74, 6) is 0.0342. The molecule has 0 unspecified atom stereocenters. The molecule has 0 bridgehead atoms. The summed E-state index contributed by atoms with van der Waals surface area (Å²) in [6.45, 7) is 1.78. The van der Waals surface area contributed by atoms with E-state index >= 15 is 0 Å². The fraction of sp³-hybridized carbons (Fsp3) is 0.500. The van der Waals surface area contributed by atoms with Crippen LogP contribution in [0.25, 0.3) is 0 Å². The van der Waals surface area contributed by atoms with Gasteiger partial charge in [-0.25, -0.2) is 4.79 Å². The molecule has 0 aliphatic heterocycles. The van der Waals surface area contributed by atoms with Crippen LogP contribution in [0.15, 0.2) is 20.3 Å². The standard InChI is InChI=1S/C10H13BrN2O4/c1-3-4-7(8-5-9(11)13-17-8)12-16-6-10(14)15-2/h5H,3-4,6H2,1-2H3/b12-7+. The molecule has 0 saturated heterocycles. The highest BCUT2D eigenvalue weighted by Gasteiger charge is 2.10. The van der Waals surface area contributed by atoms with Crippen molar-refractivity contribution in [3.8, 4) is 0 Å². The van der Waals surface area contributed by atoms with Crippen LogP contribution in [-0.2, 0) is 14.4 Å². The van der Waals surface area contributed by atoms with Gasteiger partial charge in [0.1, 0.15) is 10.3 Å². The van der Waals surface area contributed by atoms with Crippen LogP contribution in [0.1, 0.15) is 25.5 Å². The first kappa shape index (κ1) is 13.7. The van der Waals surface area contributed by atoms with Crippen LogP contribution in [0.5, 0.6) is 0 Å². The summed E-state index contributed by atoms with van der Waals surface area (Å²) < 4.78 is 10.1. The number of carbonyl (C=O) groups is 1. The second-order valence-electron chi connectivity index (χ2n) is 3.15. The number of aromatic nitrogens is 1. The zero-order valence-corrected chi connectivity index (χ0v) is 11.2. The molecule has 7 heteroatoms. The number of hydrogen-bond acceptors (Lipinski definition) is 6. The Bertz CT molecular complexity index is 403. The van der Waals surface area contributed by atoms with Crippen molar-refractivity contribution in [1.82, 2.24) is 5.16 Å². The predicted octanol–water partition coefficient (Wildman–Crippen LogP) is 2.13. The molecule has 0 atom stereocenters. The molecule has 0 aromatic carbocycles. The minimum Gasteiger partial charge on any atom is -0.466 e. The molecule has 0 N–H and O–H groups in total. The van der Waals surface area contributed by atoms with E-state index in [0.717, 1.165) is 6.42 Å². The van der Waals surface area contributed by atoms with Crippen molar-refractivity contribution in [2.45, 2.75) is 19.8 Å². The Balaban J connectivity index is 2.65. The zero-order valence-electron chi connectivity index (χ0n) is 9.60. The molecular formula is C10H13BrN2O4. The maximum atomic E-state index is 10.8. The van der Waals surface area contributed by atoms with Crippen LogP contribution < -0.4 is 0 Å². The SMILES string of the molecule is CCC/C(=N\OCC(=O)OC)c1cc(Br)no1. The summed E-state index contributed by atoms with van der Waals surface area (Å²) in [7, 11) is 1.29. The average molecular weight is 305 g/mol. The molecule has 0 amide bonds. The van der Waals surface area contributed by atoms with Gasteiger partial charge in [0.05, 0.1) is 7.11 Å². The van der Waals surface area contributed by atoms with Crippen molar-refractivity contribution in [3.63, 3.8) is 0 Å². The first-order valence-corrected chi connectivity index (χ1v) is 5.85. The molecule has 17 heavy (non-hydrogen) atoms. The van der Waals surface area contributed by atoms with Gasteiger partial charge in [-0.3, -0.25) is 0 Å². The molecule has 1 aromatic rings. The van der Waals surface area contributed by atoms with E-state index in [2.05, 4.69) is 31.0 Å². The molecule has 0 fully saturated rings. The van der Waals surface area contributed by atoms with E-state index in [1.165, 1.54) is 7.11 Å². The second kappa shape index (κ2) is 7.05. The normalized spacial score (nSPS) is 11.4. The average Bonchev–Trinajstić information content (AvgIpc) is 2.74. The highest BCUT2D eigenvalue weighted by Crippen LogP contribution is 2.13. The minimum atomic E-state index is -0.483. The van der Waals surface area contributed by atoms with Crippen LogP contribution in [0.3, 0.4) is 0 Å². The Hall–Kier alpha value is -1.37. The fourth-order valence-electron chi connectivity index (χ4n) is 1.06. The maximum Gasteiger partial charge on any atom is 0.346 e. The number of rotatable bonds is 6. The van der Waals surface area contributed by atoms with Crippen molar-refractivity contribution >= 4 is 27.6 Å². The van der Waals surface area contributed by atoms with Crippen LogP contribution >= 0.6 is 15.9 Å². The van der Waals surface area contributed by atoms with Crippen LogP contribution in [0.4, 0.5) is 0 Å². The third kappa shape index (κ3) is 4.56. The van der Waals surface area contributed by atoms with Gasteiger partial charge in [0, 0.05) is 6.07 Å². The van der Waals surface area contributed by atoms with Gasteiger partial charge in [0.2, 0.25) is 6.61 Å². The second-order valence-corrected chi connectivity index (χ2v) is 3.96. The summed E-state index contributed by atoms with van der Waals surface area (Å²) in [6, 6.07) is 1.69. The fourth-order valence-corrected chi connectivity index (χ4v) is 1.34. The number of methoxy groups -OCH3 is 1. The lowest BCUT2D eigenvalue weighted by Crippen LogP contribution is -2.09. The number of hydrogen-bond donors (Lipinski definition) is 0. The molecule has 0 radical (unpaired) electrons. The largest absolute Gasteiger partial charge is 0.466 e. The van der Waals surface area contributed by atoms with E-state index < -0.39 is 5.97 Å². The quantitative estimate of drug-likeness (QED) is 0.457. The number of esters is 1. The van der Waals surface area contributed by atoms with Gasteiger partial charge in [-0.15, -0.1) is 0 Å². The number of nitrogens with zero attached hydrogens (tertiary/aromatic N) is 2. The van der Waals surface area contributed by atoms with Gasteiger partial charge in [-0.05, 0) is 22.4 Å². The van der Waals surface area contributed by atoms with E-state index in [1.807, 2.05) is 6.92 Å². The first-order valence-electron chi connectivity index (χ1n) is 5.05.